The maximum atomic E-state index is 12.9. The topological polar surface area (TPSA) is 26.0 Å². The maximum Gasteiger partial charge on any atom is 0.272 e. The Balaban J connectivity index is 2.44. The zero-order chi connectivity index (χ0) is 9.69. The maximum absolute atomic E-state index is 12.9. The van der Waals surface area contributed by atoms with Crippen LogP contribution in [0.5, 0.6) is 0 Å². The van der Waals surface area contributed by atoms with Crippen molar-refractivity contribution in [3.8, 4) is 0 Å². The van der Waals surface area contributed by atoms with Gasteiger partial charge >= 0.3 is 0 Å². The number of nitrogens with two attached hydrogens (primary N) is 1. The van der Waals surface area contributed by atoms with Crippen LogP contribution >= 0.6 is 0 Å². The van der Waals surface area contributed by atoms with Crippen LogP contribution < -0.4 is 5.73 Å². The van der Waals surface area contributed by atoms with Crippen LogP contribution in [0.3, 0.4) is 0 Å². The van der Waals surface area contributed by atoms with Gasteiger partial charge in [0.25, 0.3) is 5.92 Å². The molecule has 1 atom stereocenters. The lowest BCUT2D eigenvalue weighted by atomic mass is 10.00. The summed E-state index contributed by atoms with van der Waals surface area (Å²) in [5.74, 6) is -2.72. The Morgan fingerprint density at radius 3 is 2.31 bits per heavy atom. The summed E-state index contributed by atoms with van der Waals surface area (Å²) >= 11 is 0. The molecule has 3 heteroatoms. The standard InChI is InChI=1S/C10H11F2N/c1-7-4-2-3-5-8(7)9(13)6-10(9,11)12/h2-5H,6,13H2,1H3. The molecule has 1 saturated carbocycles. The number of halogens is 2. The molecular formula is C10H11F2N. The van der Waals surface area contributed by atoms with Crippen molar-refractivity contribution < 1.29 is 8.78 Å². The highest BCUT2D eigenvalue weighted by atomic mass is 19.3. The molecule has 1 aromatic rings. The van der Waals surface area contributed by atoms with Crippen molar-refractivity contribution in [3.05, 3.63) is 35.4 Å². The van der Waals surface area contributed by atoms with Crippen LogP contribution in [0.15, 0.2) is 24.3 Å². The first-order valence-corrected chi connectivity index (χ1v) is 4.20. The van der Waals surface area contributed by atoms with E-state index in [4.69, 9.17) is 5.73 Å². The molecular weight excluding hydrogens is 172 g/mol. The highest BCUT2D eigenvalue weighted by Gasteiger charge is 2.70. The Hall–Kier alpha value is -0.960. The second-order valence-corrected chi connectivity index (χ2v) is 3.67. The van der Waals surface area contributed by atoms with E-state index in [9.17, 15) is 8.78 Å². The molecule has 13 heavy (non-hydrogen) atoms. The number of alkyl halides is 2. The molecule has 1 aliphatic rings. The summed E-state index contributed by atoms with van der Waals surface area (Å²) in [6, 6.07) is 7.04. The second-order valence-electron chi connectivity index (χ2n) is 3.67. The van der Waals surface area contributed by atoms with Gasteiger partial charge in [0.1, 0.15) is 5.54 Å². The Morgan fingerprint density at radius 2 is 1.85 bits per heavy atom. The lowest BCUT2D eigenvalue weighted by Crippen LogP contribution is -2.27. The van der Waals surface area contributed by atoms with Crippen molar-refractivity contribution in [3.63, 3.8) is 0 Å². The molecule has 2 N–H and O–H groups in total. The third kappa shape index (κ3) is 1.07. The van der Waals surface area contributed by atoms with Crippen molar-refractivity contribution >= 4 is 0 Å². The largest absolute Gasteiger partial charge is 0.316 e. The molecule has 1 aromatic carbocycles. The molecule has 2 rings (SSSR count). The quantitative estimate of drug-likeness (QED) is 0.709. The summed E-state index contributed by atoms with van der Waals surface area (Å²) < 4.78 is 25.8. The van der Waals surface area contributed by atoms with E-state index >= 15 is 0 Å². The molecule has 0 bridgehead atoms. The van der Waals surface area contributed by atoms with Gasteiger partial charge in [0.15, 0.2) is 0 Å². The molecule has 0 heterocycles. The average molecular weight is 183 g/mol. The fraction of sp³-hybridized carbons (Fsp3) is 0.400. The molecule has 70 valence electrons. The predicted octanol–water partition coefficient (Wildman–Crippen LogP) is 2.19. The van der Waals surface area contributed by atoms with Gasteiger partial charge in [-0.1, -0.05) is 24.3 Å². The fourth-order valence-electron chi connectivity index (χ4n) is 1.67. The Labute approximate surface area is 75.6 Å². The third-order valence-electron chi connectivity index (χ3n) is 2.65. The first-order chi connectivity index (χ1) is 5.97. The van der Waals surface area contributed by atoms with E-state index in [1.807, 2.05) is 6.07 Å². The summed E-state index contributed by atoms with van der Waals surface area (Å²) in [6.45, 7) is 1.80. The Bertz CT molecular complexity index is 349. The van der Waals surface area contributed by atoms with Crippen LogP contribution in [0.1, 0.15) is 17.5 Å². The molecule has 0 aromatic heterocycles. The number of benzene rings is 1. The fourth-order valence-corrected chi connectivity index (χ4v) is 1.67. The molecule has 0 saturated heterocycles. The monoisotopic (exact) mass is 183 g/mol. The van der Waals surface area contributed by atoms with Gasteiger partial charge in [0.05, 0.1) is 0 Å². The SMILES string of the molecule is Cc1ccccc1C1(N)CC1(F)F. The third-order valence-corrected chi connectivity index (χ3v) is 2.65. The zero-order valence-corrected chi connectivity index (χ0v) is 7.35. The predicted molar refractivity (Wildman–Crippen MR) is 46.6 cm³/mol. The van der Waals surface area contributed by atoms with Crippen molar-refractivity contribution in [2.45, 2.75) is 24.8 Å². The minimum atomic E-state index is -2.72. The molecule has 0 amide bonds. The first kappa shape index (κ1) is 8.63. The number of aryl methyl sites for hydroxylation is 1. The Morgan fingerprint density at radius 1 is 1.31 bits per heavy atom. The highest BCUT2D eigenvalue weighted by Crippen LogP contribution is 2.57. The van der Waals surface area contributed by atoms with E-state index in [0.29, 0.717) is 5.56 Å². The molecule has 1 aliphatic carbocycles. The van der Waals surface area contributed by atoms with Crippen molar-refractivity contribution in [2.24, 2.45) is 5.73 Å². The first-order valence-electron chi connectivity index (χ1n) is 4.20. The van der Waals surface area contributed by atoms with Gasteiger partial charge in [-0.05, 0) is 18.1 Å². The van der Waals surface area contributed by atoms with Crippen LogP contribution in [0.4, 0.5) is 8.78 Å². The van der Waals surface area contributed by atoms with Crippen molar-refractivity contribution in [1.82, 2.24) is 0 Å². The lowest BCUT2D eigenvalue weighted by molar-refractivity contribution is 0.0889. The van der Waals surface area contributed by atoms with Crippen molar-refractivity contribution in [2.75, 3.05) is 0 Å². The molecule has 1 unspecified atom stereocenters. The van der Waals surface area contributed by atoms with Gasteiger partial charge < -0.3 is 5.73 Å². The number of hydrogen-bond donors (Lipinski definition) is 1. The zero-order valence-electron chi connectivity index (χ0n) is 7.35. The van der Waals surface area contributed by atoms with E-state index < -0.39 is 11.5 Å². The lowest BCUT2D eigenvalue weighted by Gasteiger charge is -2.13. The van der Waals surface area contributed by atoms with E-state index in [2.05, 4.69) is 0 Å². The van der Waals surface area contributed by atoms with Crippen LogP contribution in [0.25, 0.3) is 0 Å². The van der Waals surface area contributed by atoms with Crippen LogP contribution in [-0.4, -0.2) is 5.92 Å². The summed E-state index contributed by atoms with van der Waals surface area (Å²) in [5, 5.41) is 0. The summed E-state index contributed by atoms with van der Waals surface area (Å²) in [6.07, 6.45) is -0.231. The molecule has 1 nitrogen and oxygen atoms in total. The second kappa shape index (κ2) is 2.29. The van der Waals surface area contributed by atoms with Crippen molar-refractivity contribution in [1.29, 1.82) is 0 Å². The van der Waals surface area contributed by atoms with Crippen LogP contribution in [-0.2, 0) is 5.54 Å². The van der Waals surface area contributed by atoms with Gasteiger partial charge in [-0.3, -0.25) is 0 Å². The van der Waals surface area contributed by atoms with Gasteiger partial charge in [0.2, 0.25) is 0 Å². The summed E-state index contributed by atoms with van der Waals surface area (Å²) in [5.41, 5.74) is 5.60. The highest BCUT2D eigenvalue weighted by molar-refractivity contribution is 5.40. The van der Waals surface area contributed by atoms with Gasteiger partial charge in [0, 0.05) is 6.42 Å². The Kier molecular flexibility index (Phi) is 1.52. The molecule has 0 aliphatic heterocycles. The number of hydrogen-bond acceptors (Lipinski definition) is 1. The minimum absolute atomic E-state index is 0.231. The summed E-state index contributed by atoms with van der Waals surface area (Å²) in [7, 11) is 0. The van der Waals surface area contributed by atoms with E-state index in [-0.39, 0.29) is 6.42 Å². The molecule has 0 spiro atoms. The summed E-state index contributed by atoms with van der Waals surface area (Å²) in [4.78, 5) is 0. The van der Waals surface area contributed by atoms with E-state index in [0.717, 1.165) is 5.56 Å². The molecule has 1 fully saturated rings. The van der Waals surface area contributed by atoms with Gasteiger partial charge in [-0.15, -0.1) is 0 Å². The van der Waals surface area contributed by atoms with E-state index in [1.165, 1.54) is 0 Å². The van der Waals surface area contributed by atoms with Gasteiger partial charge in [-0.2, -0.15) is 0 Å². The minimum Gasteiger partial charge on any atom is -0.316 e. The van der Waals surface area contributed by atoms with E-state index in [1.54, 1.807) is 25.1 Å². The average Bonchev–Trinajstić information content (AvgIpc) is 2.53. The van der Waals surface area contributed by atoms with Crippen LogP contribution in [0.2, 0.25) is 0 Å². The normalized spacial score (nSPS) is 30.2. The number of rotatable bonds is 1. The molecule has 0 radical (unpaired) electrons. The van der Waals surface area contributed by atoms with Gasteiger partial charge in [-0.25, -0.2) is 8.78 Å². The van der Waals surface area contributed by atoms with Crippen LogP contribution in [0, 0.1) is 6.92 Å². The smallest absolute Gasteiger partial charge is 0.272 e.